The van der Waals surface area contributed by atoms with Gasteiger partial charge in [-0.1, -0.05) is 30.3 Å². The van der Waals surface area contributed by atoms with Crippen molar-refractivity contribution in [1.29, 1.82) is 0 Å². The molecule has 0 bridgehead atoms. The lowest BCUT2D eigenvalue weighted by Gasteiger charge is -2.32. The van der Waals surface area contributed by atoms with Crippen molar-refractivity contribution in [3.8, 4) is 0 Å². The van der Waals surface area contributed by atoms with Gasteiger partial charge in [0.1, 0.15) is 5.52 Å². The molecule has 0 unspecified atom stereocenters. The molecule has 8 heteroatoms. The van der Waals surface area contributed by atoms with E-state index in [-0.39, 0.29) is 0 Å². The summed E-state index contributed by atoms with van der Waals surface area (Å²) in [5, 5.41) is 7.08. The number of likely N-dealkylation sites (tertiary alicyclic amines) is 1. The van der Waals surface area contributed by atoms with Gasteiger partial charge in [-0.3, -0.25) is 9.80 Å². The van der Waals surface area contributed by atoms with Crippen LogP contribution in [-0.2, 0) is 6.54 Å². The highest BCUT2D eigenvalue weighted by Gasteiger charge is 2.21. The van der Waals surface area contributed by atoms with E-state index in [9.17, 15) is 0 Å². The van der Waals surface area contributed by atoms with Gasteiger partial charge in [-0.05, 0) is 46.1 Å². The second-order valence-electron chi connectivity index (χ2n) is 9.53. The van der Waals surface area contributed by atoms with Gasteiger partial charge in [-0.15, -0.1) is 0 Å². The number of aromatic nitrogens is 4. The van der Waals surface area contributed by atoms with E-state index >= 15 is 0 Å². The van der Waals surface area contributed by atoms with Crippen LogP contribution in [0.15, 0.2) is 36.7 Å². The number of aromatic amines is 1. The van der Waals surface area contributed by atoms with Crippen molar-refractivity contribution < 1.29 is 0 Å². The number of piperidine rings is 1. The molecule has 1 saturated heterocycles. The molecule has 1 fully saturated rings. The fourth-order valence-electron chi connectivity index (χ4n) is 4.70. The van der Waals surface area contributed by atoms with Gasteiger partial charge in [0, 0.05) is 50.8 Å². The van der Waals surface area contributed by atoms with Gasteiger partial charge in [-0.2, -0.15) is 9.97 Å². The predicted molar refractivity (Wildman–Crippen MR) is 136 cm³/mol. The molecule has 2 aromatic heterocycles. The first kappa shape index (κ1) is 23.4. The van der Waals surface area contributed by atoms with E-state index < -0.39 is 0 Å². The SMILES string of the molecule is CC(C)N(CCNc1nc(NC2CCN(Cc3ccccc3)CC2)nc2nc[nH]c12)C(C)C. The summed E-state index contributed by atoms with van der Waals surface area (Å²) in [5.74, 6) is 1.47. The van der Waals surface area contributed by atoms with Gasteiger partial charge >= 0.3 is 0 Å². The molecule has 3 aromatic rings. The normalized spacial score (nSPS) is 15.7. The van der Waals surface area contributed by atoms with Crippen LogP contribution in [0.1, 0.15) is 46.1 Å². The number of fused-ring (bicyclic) bond motifs is 1. The molecule has 33 heavy (non-hydrogen) atoms. The van der Waals surface area contributed by atoms with Crippen LogP contribution in [0.25, 0.3) is 11.2 Å². The van der Waals surface area contributed by atoms with Gasteiger partial charge in [0.2, 0.25) is 5.95 Å². The minimum Gasteiger partial charge on any atom is -0.367 e. The lowest BCUT2D eigenvalue weighted by atomic mass is 10.0. The van der Waals surface area contributed by atoms with Crippen LogP contribution in [-0.4, -0.2) is 74.0 Å². The Bertz CT molecular complexity index is 984. The summed E-state index contributed by atoms with van der Waals surface area (Å²) in [5.41, 5.74) is 2.93. The molecule has 0 aliphatic carbocycles. The number of anilines is 2. The molecule has 178 valence electrons. The van der Waals surface area contributed by atoms with Crippen LogP contribution in [0.3, 0.4) is 0 Å². The van der Waals surface area contributed by atoms with E-state index in [0.29, 0.717) is 29.7 Å². The van der Waals surface area contributed by atoms with Crippen LogP contribution >= 0.6 is 0 Å². The molecule has 3 heterocycles. The minimum absolute atomic E-state index is 0.374. The number of benzene rings is 1. The van der Waals surface area contributed by atoms with Crippen LogP contribution in [0.5, 0.6) is 0 Å². The van der Waals surface area contributed by atoms with Gasteiger partial charge in [0.05, 0.1) is 6.33 Å². The Hall–Kier alpha value is -2.71. The van der Waals surface area contributed by atoms with Crippen molar-refractivity contribution in [2.75, 3.05) is 36.8 Å². The van der Waals surface area contributed by atoms with E-state index in [0.717, 1.165) is 56.9 Å². The third kappa shape index (κ3) is 6.21. The summed E-state index contributed by atoms with van der Waals surface area (Å²) in [4.78, 5) is 22.0. The second kappa shape index (κ2) is 10.9. The third-order valence-electron chi connectivity index (χ3n) is 6.44. The molecule has 8 nitrogen and oxygen atoms in total. The van der Waals surface area contributed by atoms with Gasteiger partial charge in [0.25, 0.3) is 0 Å². The Morgan fingerprint density at radius 1 is 1.06 bits per heavy atom. The fraction of sp³-hybridized carbons (Fsp3) is 0.560. The van der Waals surface area contributed by atoms with Gasteiger partial charge < -0.3 is 15.6 Å². The highest BCUT2D eigenvalue weighted by atomic mass is 15.2. The number of hydrogen-bond donors (Lipinski definition) is 3. The van der Waals surface area contributed by atoms with E-state index in [1.165, 1.54) is 5.56 Å². The Morgan fingerprint density at radius 2 is 1.79 bits per heavy atom. The summed E-state index contributed by atoms with van der Waals surface area (Å²) in [6.07, 6.45) is 3.84. The summed E-state index contributed by atoms with van der Waals surface area (Å²) in [6.45, 7) is 13.9. The molecular weight excluding hydrogens is 412 g/mol. The molecule has 3 N–H and O–H groups in total. The summed E-state index contributed by atoms with van der Waals surface area (Å²) < 4.78 is 0. The number of rotatable bonds is 10. The topological polar surface area (TPSA) is 85.0 Å². The molecule has 0 amide bonds. The smallest absolute Gasteiger partial charge is 0.227 e. The number of imidazole rings is 1. The average Bonchev–Trinajstić information content (AvgIpc) is 3.27. The zero-order chi connectivity index (χ0) is 23.2. The maximum absolute atomic E-state index is 4.80. The van der Waals surface area contributed by atoms with Gasteiger partial charge in [-0.25, -0.2) is 4.98 Å². The highest BCUT2D eigenvalue weighted by molar-refractivity contribution is 5.83. The van der Waals surface area contributed by atoms with Crippen LogP contribution < -0.4 is 10.6 Å². The molecule has 0 atom stereocenters. The zero-order valence-corrected chi connectivity index (χ0v) is 20.4. The van der Waals surface area contributed by atoms with Crippen molar-refractivity contribution in [2.24, 2.45) is 0 Å². The summed E-state index contributed by atoms with van der Waals surface area (Å²) in [6, 6.07) is 12.1. The third-order valence-corrected chi connectivity index (χ3v) is 6.44. The van der Waals surface area contributed by atoms with Crippen LogP contribution in [0.2, 0.25) is 0 Å². The van der Waals surface area contributed by atoms with E-state index in [1.54, 1.807) is 6.33 Å². The largest absolute Gasteiger partial charge is 0.367 e. The number of nitrogens with zero attached hydrogens (tertiary/aromatic N) is 5. The Kier molecular flexibility index (Phi) is 7.77. The Morgan fingerprint density at radius 3 is 2.48 bits per heavy atom. The predicted octanol–water partition coefficient (Wildman–Crippen LogP) is 3.96. The number of hydrogen-bond acceptors (Lipinski definition) is 7. The average molecular weight is 451 g/mol. The first-order chi connectivity index (χ1) is 16.0. The quantitative estimate of drug-likeness (QED) is 0.431. The standard InChI is InChI=1S/C25H38N8/c1-18(2)33(19(3)4)15-12-26-23-22-24(28-17-27-22)31-25(30-23)29-21-10-13-32(14-11-21)16-20-8-6-5-7-9-20/h5-9,17-19,21H,10-16H2,1-4H3,(H3,26,27,28,29,30,31). The Balaban J connectivity index is 1.35. The molecule has 0 spiro atoms. The van der Waals surface area contributed by atoms with E-state index in [1.807, 2.05) is 0 Å². The fourth-order valence-corrected chi connectivity index (χ4v) is 4.70. The van der Waals surface area contributed by atoms with E-state index in [4.69, 9.17) is 4.98 Å². The molecule has 1 aliphatic heterocycles. The summed E-state index contributed by atoms with van der Waals surface area (Å²) in [7, 11) is 0. The zero-order valence-electron chi connectivity index (χ0n) is 20.4. The first-order valence-electron chi connectivity index (χ1n) is 12.2. The Labute approximate surface area is 197 Å². The maximum atomic E-state index is 4.80. The summed E-state index contributed by atoms with van der Waals surface area (Å²) >= 11 is 0. The van der Waals surface area contributed by atoms with Crippen molar-refractivity contribution in [1.82, 2.24) is 29.7 Å². The molecule has 1 aliphatic rings. The maximum Gasteiger partial charge on any atom is 0.227 e. The molecular formula is C25H38N8. The first-order valence-corrected chi connectivity index (χ1v) is 12.2. The number of nitrogens with one attached hydrogen (secondary N) is 3. The molecule has 0 radical (unpaired) electrons. The lowest BCUT2D eigenvalue weighted by Crippen LogP contribution is -2.40. The van der Waals surface area contributed by atoms with Crippen molar-refractivity contribution in [3.05, 3.63) is 42.2 Å². The molecule has 0 saturated carbocycles. The van der Waals surface area contributed by atoms with Crippen molar-refractivity contribution in [2.45, 2.75) is 65.2 Å². The van der Waals surface area contributed by atoms with Crippen molar-refractivity contribution in [3.63, 3.8) is 0 Å². The monoisotopic (exact) mass is 450 g/mol. The molecule has 1 aromatic carbocycles. The lowest BCUT2D eigenvalue weighted by molar-refractivity contribution is 0.182. The van der Waals surface area contributed by atoms with Crippen molar-refractivity contribution >= 4 is 22.9 Å². The number of H-pyrrole nitrogens is 1. The minimum atomic E-state index is 0.374. The highest BCUT2D eigenvalue weighted by Crippen LogP contribution is 2.21. The van der Waals surface area contributed by atoms with Gasteiger partial charge in [0.15, 0.2) is 11.5 Å². The van der Waals surface area contributed by atoms with Crippen LogP contribution in [0.4, 0.5) is 11.8 Å². The second-order valence-corrected chi connectivity index (χ2v) is 9.53. The van der Waals surface area contributed by atoms with Crippen LogP contribution in [0, 0.1) is 0 Å². The van der Waals surface area contributed by atoms with E-state index in [2.05, 4.69) is 93.4 Å². The molecule has 4 rings (SSSR count).